The Bertz CT molecular complexity index is 399. The molecule has 2 heterocycles. The normalized spacial score (nSPS) is 25.1. The molecule has 17 heavy (non-hydrogen) atoms. The molecule has 5 heteroatoms. The summed E-state index contributed by atoms with van der Waals surface area (Å²) in [4.78, 5) is 11.2. The van der Waals surface area contributed by atoms with Gasteiger partial charge in [-0.2, -0.15) is 0 Å². The van der Waals surface area contributed by atoms with Gasteiger partial charge in [0.05, 0.1) is 29.8 Å². The van der Waals surface area contributed by atoms with E-state index in [-0.39, 0.29) is 12.2 Å². The highest BCUT2D eigenvalue weighted by atomic mass is 79.9. The number of morpholine rings is 1. The molecule has 0 saturated carbocycles. The molecule has 1 aromatic heterocycles. The Hall–Kier alpha value is -0.680. The maximum atomic E-state index is 5.80. The summed E-state index contributed by atoms with van der Waals surface area (Å²) in [6.07, 6.45) is 2.31. The van der Waals surface area contributed by atoms with Crippen LogP contribution >= 0.6 is 15.9 Å². The molecule has 0 aromatic carbocycles. The van der Waals surface area contributed by atoms with E-state index in [1.54, 1.807) is 0 Å². The fraction of sp³-hybridized carbons (Fsp3) is 0.667. The number of hydrogen-bond acceptors (Lipinski definition) is 4. The lowest BCUT2D eigenvalue weighted by molar-refractivity contribution is -0.00226. The molecule has 1 saturated heterocycles. The van der Waals surface area contributed by atoms with Crippen LogP contribution in [-0.4, -0.2) is 40.6 Å². The van der Waals surface area contributed by atoms with Crippen LogP contribution in [-0.2, 0) is 4.74 Å². The van der Waals surface area contributed by atoms with Gasteiger partial charge >= 0.3 is 0 Å². The van der Waals surface area contributed by atoms with Crippen LogP contribution in [0.1, 0.15) is 18.3 Å². The molecule has 0 N–H and O–H groups in total. The second-order valence-electron chi connectivity index (χ2n) is 4.53. The standard InChI is InChI=1S/C12H18BrN3O/c1-8-6-16(7-11(4-13)17-8)12-5-14-9(2)10(3)15-12/h5,8,11H,4,6-7H2,1-3H3. The van der Waals surface area contributed by atoms with Crippen LogP contribution in [0.25, 0.3) is 0 Å². The lowest BCUT2D eigenvalue weighted by Gasteiger charge is -2.36. The first-order valence-corrected chi connectivity index (χ1v) is 6.99. The Morgan fingerprint density at radius 3 is 2.82 bits per heavy atom. The number of halogens is 1. The summed E-state index contributed by atoms with van der Waals surface area (Å²) in [7, 11) is 0. The Morgan fingerprint density at radius 2 is 2.18 bits per heavy atom. The topological polar surface area (TPSA) is 38.2 Å². The van der Waals surface area contributed by atoms with Crippen molar-refractivity contribution in [2.75, 3.05) is 23.3 Å². The molecule has 0 bridgehead atoms. The molecule has 94 valence electrons. The maximum absolute atomic E-state index is 5.80. The number of aryl methyl sites for hydroxylation is 2. The highest BCUT2D eigenvalue weighted by molar-refractivity contribution is 9.09. The first-order valence-electron chi connectivity index (χ1n) is 5.86. The predicted molar refractivity (Wildman–Crippen MR) is 71.8 cm³/mol. The van der Waals surface area contributed by atoms with E-state index in [0.717, 1.165) is 35.6 Å². The first kappa shape index (κ1) is 12.8. The van der Waals surface area contributed by atoms with E-state index >= 15 is 0 Å². The van der Waals surface area contributed by atoms with E-state index in [4.69, 9.17) is 4.74 Å². The largest absolute Gasteiger partial charge is 0.371 e. The van der Waals surface area contributed by atoms with Crippen molar-refractivity contribution in [3.63, 3.8) is 0 Å². The summed E-state index contributed by atoms with van der Waals surface area (Å²) in [6, 6.07) is 0. The highest BCUT2D eigenvalue weighted by Gasteiger charge is 2.25. The minimum Gasteiger partial charge on any atom is -0.371 e. The number of aromatic nitrogens is 2. The summed E-state index contributed by atoms with van der Waals surface area (Å²) in [5.74, 6) is 0.953. The van der Waals surface area contributed by atoms with E-state index in [2.05, 4.69) is 37.7 Å². The van der Waals surface area contributed by atoms with Crippen molar-refractivity contribution in [2.45, 2.75) is 33.0 Å². The third-order valence-electron chi connectivity index (χ3n) is 3.00. The molecule has 2 unspecified atom stereocenters. The number of alkyl halides is 1. The number of anilines is 1. The molecule has 4 nitrogen and oxygen atoms in total. The molecule has 2 atom stereocenters. The fourth-order valence-corrected chi connectivity index (χ4v) is 2.36. The molecule has 1 aromatic rings. The van der Waals surface area contributed by atoms with Gasteiger partial charge < -0.3 is 9.64 Å². The Kier molecular flexibility index (Phi) is 3.99. The van der Waals surface area contributed by atoms with E-state index < -0.39 is 0 Å². The van der Waals surface area contributed by atoms with Crippen molar-refractivity contribution in [1.29, 1.82) is 0 Å². The van der Waals surface area contributed by atoms with Crippen LogP contribution in [0.5, 0.6) is 0 Å². The van der Waals surface area contributed by atoms with Gasteiger partial charge in [0.15, 0.2) is 0 Å². The van der Waals surface area contributed by atoms with Crippen molar-refractivity contribution in [2.24, 2.45) is 0 Å². The van der Waals surface area contributed by atoms with Gasteiger partial charge in [0.1, 0.15) is 5.82 Å². The van der Waals surface area contributed by atoms with Gasteiger partial charge in [-0.25, -0.2) is 4.98 Å². The molecule has 0 amide bonds. The van der Waals surface area contributed by atoms with Crippen molar-refractivity contribution in [3.8, 4) is 0 Å². The Morgan fingerprint density at radius 1 is 1.41 bits per heavy atom. The molecule has 1 aliphatic rings. The van der Waals surface area contributed by atoms with Crippen LogP contribution in [0.3, 0.4) is 0 Å². The molecule has 0 aliphatic carbocycles. The molecule has 2 rings (SSSR count). The third kappa shape index (κ3) is 2.96. The molecular weight excluding hydrogens is 282 g/mol. The number of hydrogen-bond donors (Lipinski definition) is 0. The van der Waals surface area contributed by atoms with Crippen LogP contribution in [0, 0.1) is 13.8 Å². The summed E-state index contributed by atoms with van der Waals surface area (Å²) in [5.41, 5.74) is 1.99. The zero-order chi connectivity index (χ0) is 12.4. The predicted octanol–water partition coefficient (Wildman–Crippen LogP) is 2.08. The van der Waals surface area contributed by atoms with Crippen molar-refractivity contribution >= 4 is 21.7 Å². The number of ether oxygens (including phenoxy) is 1. The SMILES string of the molecule is Cc1ncc(N2CC(C)OC(CBr)C2)nc1C. The lowest BCUT2D eigenvalue weighted by Crippen LogP contribution is -2.47. The minimum absolute atomic E-state index is 0.224. The van der Waals surface area contributed by atoms with Crippen molar-refractivity contribution in [3.05, 3.63) is 17.6 Å². The zero-order valence-electron chi connectivity index (χ0n) is 10.5. The van der Waals surface area contributed by atoms with E-state index in [1.165, 1.54) is 0 Å². The molecule has 1 aliphatic heterocycles. The lowest BCUT2D eigenvalue weighted by atomic mass is 10.2. The van der Waals surface area contributed by atoms with Gasteiger partial charge in [-0.1, -0.05) is 15.9 Å². The van der Waals surface area contributed by atoms with Gasteiger partial charge in [0.25, 0.3) is 0 Å². The average molecular weight is 300 g/mol. The highest BCUT2D eigenvalue weighted by Crippen LogP contribution is 2.19. The van der Waals surface area contributed by atoms with Gasteiger partial charge in [-0.3, -0.25) is 4.98 Å². The summed E-state index contributed by atoms with van der Waals surface area (Å²) >= 11 is 3.48. The van der Waals surface area contributed by atoms with E-state index in [9.17, 15) is 0 Å². The van der Waals surface area contributed by atoms with Crippen molar-refractivity contribution < 1.29 is 4.74 Å². The number of nitrogens with zero attached hydrogens (tertiary/aromatic N) is 3. The quantitative estimate of drug-likeness (QED) is 0.784. The van der Waals surface area contributed by atoms with E-state index in [0.29, 0.717) is 0 Å². The monoisotopic (exact) mass is 299 g/mol. The maximum Gasteiger partial charge on any atom is 0.147 e. The third-order valence-corrected chi connectivity index (χ3v) is 3.72. The number of rotatable bonds is 2. The second-order valence-corrected chi connectivity index (χ2v) is 5.17. The first-order chi connectivity index (χ1) is 8.10. The van der Waals surface area contributed by atoms with Crippen LogP contribution in [0.4, 0.5) is 5.82 Å². The zero-order valence-corrected chi connectivity index (χ0v) is 12.1. The average Bonchev–Trinajstić information content (AvgIpc) is 2.32. The van der Waals surface area contributed by atoms with Crippen LogP contribution in [0.15, 0.2) is 6.20 Å². The summed E-state index contributed by atoms with van der Waals surface area (Å²) in [5, 5.41) is 0.853. The smallest absolute Gasteiger partial charge is 0.147 e. The Labute approximate surface area is 111 Å². The fourth-order valence-electron chi connectivity index (χ4n) is 2.00. The van der Waals surface area contributed by atoms with Crippen LogP contribution in [0.2, 0.25) is 0 Å². The van der Waals surface area contributed by atoms with Gasteiger partial charge in [-0.15, -0.1) is 0 Å². The molecule has 1 fully saturated rings. The molecule has 0 spiro atoms. The van der Waals surface area contributed by atoms with Gasteiger partial charge in [-0.05, 0) is 20.8 Å². The minimum atomic E-state index is 0.224. The van der Waals surface area contributed by atoms with E-state index in [1.807, 2.05) is 20.0 Å². The second kappa shape index (κ2) is 5.31. The molecular formula is C12H18BrN3O. The summed E-state index contributed by atoms with van der Waals surface area (Å²) in [6.45, 7) is 7.82. The van der Waals surface area contributed by atoms with Gasteiger partial charge in [0, 0.05) is 18.4 Å². The van der Waals surface area contributed by atoms with Gasteiger partial charge in [0.2, 0.25) is 0 Å². The van der Waals surface area contributed by atoms with Crippen molar-refractivity contribution in [1.82, 2.24) is 9.97 Å². The van der Waals surface area contributed by atoms with Crippen LogP contribution < -0.4 is 4.90 Å². The molecule has 0 radical (unpaired) electrons. The Balaban J connectivity index is 2.17. The summed E-state index contributed by atoms with van der Waals surface area (Å²) < 4.78 is 5.80.